The molecule has 3 rings (SSSR count). The summed E-state index contributed by atoms with van der Waals surface area (Å²) in [6.45, 7) is 9.61. The van der Waals surface area contributed by atoms with E-state index in [-0.39, 0.29) is 43.5 Å². The predicted molar refractivity (Wildman–Crippen MR) is 133 cm³/mol. The summed E-state index contributed by atoms with van der Waals surface area (Å²) in [5.41, 5.74) is 0.863. The standard InChI is InChI=1S/C23H38N6O6S/c1-14(2)34-20(21-24-10-15(3)11-25-21)17(5)36(30,31)28-23-27-26-22(19-9-8-16(4)35-19)29(23)18(12-32-6)13-33-7/h10-11,14,16-20H,8-9,12-13H2,1-7H3,(H,27,28)/t16-,17?,19-,20?/m1/s1. The van der Waals surface area contributed by atoms with Crippen molar-refractivity contribution in [2.45, 2.75) is 83.2 Å². The SMILES string of the molecule is COCC(COC)n1c(NS(=O)(=O)C(C)C(OC(C)C)c2ncc(C)cn2)nnc1[C@H]1CC[C@@H](C)O1. The lowest BCUT2D eigenvalue weighted by Gasteiger charge is -2.26. The Bertz CT molecular complexity index is 1070. The molecule has 2 unspecified atom stereocenters. The maximum Gasteiger partial charge on any atom is 0.240 e. The monoisotopic (exact) mass is 526 g/mol. The molecule has 4 atom stereocenters. The number of anilines is 1. The third kappa shape index (κ3) is 6.76. The Morgan fingerprint density at radius 3 is 2.28 bits per heavy atom. The van der Waals surface area contributed by atoms with Gasteiger partial charge in [0, 0.05) is 26.6 Å². The van der Waals surface area contributed by atoms with Crippen LogP contribution in [0.4, 0.5) is 5.95 Å². The quantitative estimate of drug-likeness (QED) is 0.414. The summed E-state index contributed by atoms with van der Waals surface area (Å²) in [4.78, 5) is 8.64. The van der Waals surface area contributed by atoms with E-state index in [4.69, 9.17) is 18.9 Å². The highest BCUT2D eigenvalue weighted by Gasteiger charge is 2.37. The van der Waals surface area contributed by atoms with E-state index in [1.54, 1.807) is 38.1 Å². The third-order valence-corrected chi connectivity index (χ3v) is 7.64. The molecule has 3 heterocycles. The van der Waals surface area contributed by atoms with Gasteiger partial charge in [0.1, 0.15) is 17.5 Å². The van der Waals surface area contributed by atoms with Crippen LogP contribution in [-0.2, 0) is 29.0 Å². The molecule has 1 aliphatic rings. The number of aromatic nitrogens is 5. The Morgan fingerprint density at radius 1 is 1.11 bits per heavy atom. The van der Waals surface area contributed by atoms with Crippen molar-refractivity contribution < 1.29 is 27.4 Å². The van der Waals surface area contributed by atoms with Gasteiger partial charge < -0.3 is 18.9 Å². The molecule has 0 aromatic carbocycles. The van der Waals surface area contributed by atoms with E-state index < -0.39 is 21.4 Å². The van der Waals surface area contributed by atoms with E-state index in [2.05, 4.69) is 24.9 Å². The minimum Gasteiger partial charge on any atom is -0.382 e. The smallest absolute Gasteiger partial charge is 0.240 e. The summed E-state index contributed by atoms with van der Waals surface area (Å²) < 4.78 is 54.3. The van der Waals surface area contributed by atoms with E-state index in [0.29, 0.717) is 11.6 Å². The number of nitrogens with one attached hydrogen (secondary N) is 1. The van der Waals surface area contributed by atoms with Crippen molar-refractivity contribution in [2.24, 2.45) is 0 Å². The number of aryl methyl sites for hydroxylation is 1. The zero-order chi connectivity index (χ0) is 26.5. The minimum atomic E-state index is -4.02. The van der Waals surface area contributed by atoms with E-state index in [1.165, 1.54) is 0 Å². The molecule has 2 aromatic heterocycles. The van der Waals surface area contributed by atoms with Crippen LogP contribution in [-0.4, -0.2) is 78.0 Å². The first-order chi connectivity index (χ1) is 17.1. The zero-order valence-corrected chi connectivity index (χ0v) is 22.9. The molecule has 0 saturated carbocycles. The maximum atomic E-state index is 13.6. The van der Waals surface area contributed by atoms with Gasteiger partial charge in [0.05, 0.1) is 31.5 Å². The first-order valence-corrected chi connectivity index (χ1v) is 13.7. The van der Waals surface area contributed by atoms with Crippen LogP contribution in [0, 0.1) is 6.92 Å². The fourth-order valence-electron chi connectivity index (χ4n) is 4.13. The van der Waals surface area contributed by atoms with Crippen molar-refractivity contribution >= 4 is 16.0 Å². The summed E-state index contributed by atoms with van der Waals surface area (Å²) in [6.07, 6.45) is 3.52. The topological polar surface area (TPSA) is 140 Å². The van der Waals surface area contributed by atoms with Crippen LogP contribution in [0.3, 0.4) is 0 Å². The van der Waals surface area contributed by atoms with Gasteiger partial charge in [0.25, 0.3) is 0 Å². The number of sulfonamides is 1. The van der Waals surface area contributed by atoms with Crippen LogP contribution in [0.2, 0.25) is 0 Å². The van der Waals surface area contributed by atoms with E-state index >= 15 is 0 Å². The minimum absolute atomic E-state index is 0.0622. The molecular formula is C23H38N6O6S. The highest BCUT2D eigenvalue weighted by molar-refractivity contribution is 7.93. The van der Waals surface area contributed by atoms with Gasteiger partial charge in [-0.25, -0.2) is 18.4 Å². The third-order valence-electron chi connectivity index (χ3n) is 5.95. The Labute approximate surface area is 213 Å². The van der Waals surface area contributed by atoms with Gasteiger partial charge in [-0.15, -0.1) is 10.2 Å². The Hall–Kier alpha value is -2.19. The molecular weight excluding hydrogens is 488 g/mol. The molecule has 12 nitrogen and oxygen atoms in total. The van der Waals surface area contributed by atoms with Crippen molar-refractivity contribution in [3.05, 3.63) is 29.6 Å². The average Bonchev–Trinajstić information content (AvgIpc) is 3.43. The van der Waals surface area contributed by atoms with Crippen molar-refractivity contribution in [2.75, 3.05) is 32.2 Å². The Balaban J connectivity index is 1.97. The lowest BCUT2D eigenvalue weighted by Crippen LogP contribution is -2.35. The van der Waals surface area contributed by atoms with Gasteiger partial charge in [0.2, 0.25) is 16.0 Å². The van der Waals surface area contributed by atoms with Crippen molar-refractivity contribution in [3.8, 4) is 0 Å². The summed E-state index contributed by atoms with van der Waals surface area (Å²) >= 11 is 0. The first kappa shape index (κ1) is 28.4. The van der Waals surface area contributed by atoms with Crippen molar-refractivity contribution in [1.29, 1.82) is 0 Å². The van der Waals surface area contributed by atoms with Crippen LogP contribution in [0.5, 0.6) is 0 Å². The molecule has 0 radical (unpaired) electrons. The molecule has 202 valence electrons. The molecule has 2 aromatic rings. The van der Waals surface area contributed by atoms with Crippen LogP contribution in [0.1, 0.15) is 76.0 Å². The van der Waals surface area contributed by atoms with Gasteiger partial charge >= 0.3 is 0 Å². The van der Waals surface area contributed by atoms with Crippen LogP contribution in [0.25, 0.3) is 0 Å². The summed E-state index contributed by atoms with van der Waals surface area (Å²) in [7, 11) is -0.881. The van der Waals surface area contributed by atoms with Gasteiger partial charge in [-0.2, -0.15) is 0 Å². The van der Waals surface area contributed by atoms with Crippen LogP contribution >= 0.6 is 0 Å². The number of hydrogen-bond acceptors (Lipinski definition) is 10. The number of rotatable bonds is 13. The summed E-state index contributed by atoms with van der Waals surface area (Å²) in [5, 5.41) is 7.48. The maximum absolute atomic E-state index is 13.6. The number of hydrogen-bond donors (Lipinski definition) is 1. The second-order valence-corrected chi connectivity index (χ2v) is 11.4. The lowest BCUT2D eigenvalue weighted by atomic mass is 10.2. The highest BCUT2D eigenvalue weighted by Crippen LogP contribution is 2.35. The largest absolute Gasteiger partial charge is 0.382 e. The molecule has 1 N–H and O–H groups in total. The number of ether oxygens (including phenoxy) is 4. The normalized spacial score (nSPS) is 20.2. The molecule has 1 aliphatic heterocycles. The van der Waals surface area contributed by atoms with Gasteiger partial charge in [-0.05, 0) is 53.0 Å². The van der Waals surface area contributed by atoms with E-state index in [0.717, 1.165) is 18.4 Å². The van der Waals surface area contributed by atoms with E-state index in [9.17, 15) is 8.42 Å². The fourth-order valence-corrected chi connectivity index (χ4v) is 5.22. The zero-order valence-electron chi connectivity index (χ0n) is 22.0. The second kappa shape index (κ2) is 12.4. The summed E-state index contributed by atoms with van der Waals surface area (Å²) in [5.74, 6) is 0.882. The van der Waals surface area contributed by atoms with Crippen molar-refractivity contribution in [1.82, 2.24) is 24.7 Å². The molecule has 1 fully saturated rings. The number of nitrogens with zero attached hydrogens (tertiary/aromatic N) is 5. The fraction of sp³-hybridized carbons (Fsp3) is 0.739. The van der Waals surface area contributed by atoms with Crippen molar-refractivity contribution in [3.63, 3.8) is 0 Å². The molecule has 0 amide bonds. The van der Waals surface area contributed by atoms with Gasteiger partial charge in [-0.3, -0.25) is 9.29 Å². The predicted octanol–water partition coefficient (Wildman–Crippen LogP) is 2.75. The molecule has 0 bridgehead atoms. The van der Waals surface area contributed by atoms with Gasteiger partial charge in [-0.1, -0.05) is 0 Å². The first-order valence-electron chi connectivity index (χ1n) is 12.1. The highest BCUT2D eigenvalue weighted by atomic mass is 32.2. The molecule has 0 spiro atoms. The average molecular weight is 527 g/mol. The molecule has 1 saturated heterocycles. The Kier molecular flexibility index (Phi) is 9.75. The second-order valence-electron chi connectivity index (χ2n) is 9.41. The molecule has 13 heteroatoms. The Morgan fingerprint density at radius 2 is 1.75 bits per heavy atom. The van der Waals surface area contributed by atoms with Crippen LogP contribution < -0.4 is 4.72 Å². The van der Waals surface area contributed by atoms with Crippen LogP contribution in [0.15, 0.2) is 12.4 Å². The molecule has 0 aliphatic carbocycles. The van der Waals surface area contributed by atoms with E-state index in [1.807, 2.05) is 27.7 Å². The summed E-state index contributed by atoms with van der Waals surface area (Å²) in [6, 6.07) is -0.374. The lowest BCUT2D eigenvalue weighted by molar-refractivity contribution is 0.00151. The molecule has 36 heavy (non-hydrogen) atoms. The number of methoxy groups -OCH3 is 2. The van der Waals surface area contributed by atoms with Gasteiger partial charge in [0.15, 0.2) is 11.6 Å².